The highest BCUT2D eigenvalue weighted by Crippen LogP contribution is 2.14. The molecule has 0 heterocycles. The van der Waals surface area contributed by atoms with Gasteiger partial charge in [-0.3, -0.25) is 0 Å². The van der Waals surface area contributed by atoms with Crippen LogP contribution in [-0.4, -0.2) is 12.2 Å². The second-order valence-corrected chi connectivity index (χ2v) is 5.17. The highest BCUT2D eigenvalue weighted by atomic mass is 16.5. The number of para-hydroxylation sites is 2. The smallest absolute Gasteiger partial charge is 0.121 e. The number of phenols is 1. The molecule has 0 aliphatic rings. The Morgan fingerprint density at radius 3 is 1.22 bits per heavy atom. The van der Waals surface area contributed by atoms with E-state index in [0.717, 1.165) is 11.3 Å². The normalized spacial score (nSPS) is 7.52. The lowest BCUT2D eigenvalue weighted by molar-refractivity contribution is 0.411. The average molecular weight is 379 g/mol. The van der Waals surface area contributed by atoms with Gasteiger partial charge in [-0.15, -0.1) is 0 Å². The lowest BCUT2D eigenvalue weighted by atomic mass is 10.2. The minimum atomic E-state index is 0.368. The van der Waals surface area contributed by atoms with Gasteiger partial charge in [-0.1, -0.05) is 105 Å². The Bertz CT molecular complexity index is 470. The van der Waals surface area contributed by atoms with E-state index < -0.39 is 0 Å². The number of ether oxygens (including phenoxy) is 1. The standard InChI is InChI=1S/C8H10O.C7H8O.2C3H8.2C2H6/c1-7-5-3-4-6-8(7)9-2;1-6-4-2-3-5-7(6)8;2*1-3-2;2*1-2/h3-6H,1-2H3;2-5,8H,1H3;2*3H2,1-2H3;2*1-2H3. The fourth-order valence-corrected chi connectivity index (χ4v) is 1.35. The molecule has 0 fully saturated rings. The molecule has 0 aromatic heterocycles. The van der Waals surface area contributed by atoms with Crippen molar-refractivity contribution in [2.24, 2.45) is 0 Å². The number of hydrogen-bond donors (Lipinski definition) is 1. The van der Waals surface area contributed by atoms with Crippen LogP contribution < -0.4 is 4.74 Å². The van der Waals surface area contributed by atoms with Gasteiger partial charge in [0.25, 0.3) is 0 Å². The van der Waals surface area contributed by atoms with Crippen molar-refractivity contribution in [1.82, 2.24) is 0 Å². The van der Waals surface area contributed by atoms with Crippen LogP contribution in [-0.2, 0) is 0 Å². The van der Waals surface area contributed by atoms with Gasteiger partial charge in [-0.05, 0) is 37.1 Å². The molecule has 2 aromatic carbocycles. The van der Waals surface area contributed by atoms with Gasteiger partial charge >= 0.3 is 0 Å². The summed E-state index contributed by atoms with van der Waals surface area (Å²) in [6, 6.07) is 15.2. The Kier molecular flexibility index (Phi) is 34.9. The molecule has 1 N–H and O–H groups in total. The van der Waals surface area contributed by atoms with E-state index in [1.807, 2.05) is 84.0 Å². The highest BCUT2D eigenvalue weighted by Gasteiger charge is 1.90. The minimum Gasteiger partial charge on any atom is -0.508 e. The Balaban J connectivity index is -0.000000134. The van der Waals surface area contributed by atoms with Crippen LogP contribution in [0.4, 0.5) is 0 Å². The third kappa shape index (κ3) is 24.0. The van der Waals surface area contributed by atoms with E-state index in [1.54, 1.807) is 13.2 Å². The van der Waals surface area contributed by atoms with Crippen LogP contribution in [0, 0.1) is 13.8 Å². The van der Waals surface area contributed by atoms with E-state index in [-0.39, 0.29) is 0 Å². The van der Waals surface area contributed by atoms with E-state index in [0.29, 0.717) is 5.75 Å². The monoisotopic (exact) mass is 378 g/mol. The van der Waals surface area contributed by atoms with Gasteiger partial charge in [0.2, 0.25) is 0 Å². The van der Waals surface area contributed by atoms with Crippen molar-refractivity contribution >= 4 is 0 Å². The summed E-state index contributed by atoms with van der Waals surface area (Å²) >= 11 is 0. The molecule has 0 radical (unpaired) electrons. The molecule has 0 saturated carbocycles. The zero-order chi connectivity index (χ0) is 22.1. The molecule has 2 nitrogen and oxygen atoms in total. The topological polar surface area (TPSA) is 29.5 Å². The Morgan fingerprint density at radius 2 is 1.00 bits per heavy atom. The van der Waals surface area contributed by atoms with Crippen molar-refractivity contribution in [1.29, 1.82) is 0 Å². The van der Waals surface area contributed by atoms with Gasteiger partial charge in [0.1, 0.15) is 11.5 Å². The summed E-state index contributed by atoms with van der Waals surface area (Å²) < 4.78 is 5.04. The lowest BCUT2D eigenvalue weighted by Crippen LogP contribution is -1.84. The molecule has 0 bridgehead atoms. The molecular formula is C25H46O2. The van der Waals surface area contributed by atoms with E-state index in [2.05, 4.69) is 27.7 Å². The molecule has 158 valence electrons. The molecule has 0 unspecified atom stereocenters. The molecular weight excluding hydrogens is 332 g/mol. The van der Waals surface area contributed by atoms with Crippen LogP contribution in [0.25, 0.3) is 0 Å². The van der Waals surface area contributed by atoms with Crippen LogP contribution in [0.2, 0.25) is 0 Å². The molecule has 0 saturated heterocycles. The van der Waals surface area contributed by atoms with Gasteiger partial charge in [0.15, 0.2) is 0 Å². The first-order chi connectivity index (χ1) is 13.0. The van der Waals surface area contributed by atoms with E-state index in [4.69, 9.17) is 9.84 Å². The number of methoxy groups -OCH3 is 1. The summed E-state index contributed by atoms with van der Waals surface area (Å²) in [6.45, 7) is 20.4. The highest BCUT2D eigenvalue weighted by molar-refractivity contribution is 5.31. The molecule has 2 heteroatoms. The van der Waals surface area contributed by atoms with Crippen LogP contribution in [0.15, 0.2) is 48.5 Å². The molecule has 2 aromatic rings. The summed E-state index contributed by atoms with van der Waals surface area (Å²) in [6.07, 6.45) is 2.50. The fraction of sp³-hybridized carbons (Fsp3) is 0.520. The SMILES string of the molecule is CC.CC.CCC.CCC.COc1ccccc1C.Cc1ccccc1O. The first-order valence-corrected chi connectivity index (χ1v) is 10.3. The second kappa shape index (κ2) is 28.8. The van der Waals surface area contributed by atoms with Crippen LogP contribution in [0.5, 0.6) is 11.5 Å². The first-order valence-electron chi connectivity index (χ1n) is 10.3. The van der Waals surface area contributed by atoms with E-state index >= 15 is 0 Å². The maximum Gasteiger partial charge on any atom is 0.121 e. The largest absolute Gasteiger partial charge is 0.508 e. The summed E-state index contributed by atoms with van der Waals surface area (Å²) in [7, 11) is 1.68. The Hall–Kier alpha value is -1.96. The maximum absolute atomic E-state index is 8.92. The lowest BCUT2D eigenvalue weighted by Gasteiger charge is -2.00. The Labute approximate surface area is 170 Å². The zero-order valence-electron chi connectivity index (χ0n) is 19.9. The first kappa shape index (κ1) is 32.7. The van der Waals surface area contributed by atoms with Crippen LogP contribution in [0.1, 0.15) is 79.4 Å². The van der Waals surface area contributed by atoms with Crippen molar-refractivity contribution in [2.45, 2.75) is 82.1 Å². The molecule has 0 spiro atoms. The summed E-state index contributed by atoms with van der Waals surface area (Å²) in [5, 5.41) is 8.92. The van der Waals surface area contributed by atoms with Gasteiger partial charge in [0, 0.05) is 0 Å². The number of benzene rings is 2. The van der Waals surface area contributed by atoms with Crippen molar-refractivity contribution in [3.8, 4) is 11.5 Å². The summed E-state index contributed by atoms with van der Waals surface area (Å²) in [4.78, 5) is 0. The van der Waals surface area contributed by atoms with Crippen molar-refractivity contribution in [2.75, 3.05) is 7.11 Å². The van der Waals surface area contributed by atoms with Gasteiger partial charge in [0.05, 0.1) is 7.11 Å². The molecule has 2 rings (SSSR count). The van der Waals surface area contributed by atoms with Crippen molar-refractivity contribution < 1.29 is 9.84 Å². The summed E-state index contributed by atoms with van der Waals surface area (Å²) in [5.74, 6) is 1.32. The number of aromatic hydroxyl groups is 1. The minimum absolute atomic E-state index is 0.368. The quantitative estimate of drug-likeness (QED) is 0.538. The van der Waals surface area contributed by atoms with Crippen molar-refractivity contribution in [3.63, 3.8) is 0 Å². The Morgan fingerprint density at radius 1 is 0.667 bits per heavy atom. The molecule has 0 aliphatic carbocycles. The predicted molar refractivity (Wildman–Crippen MR) is 125 cm³/mol. The average Bonchev–Trinajstić information content (AvgIpc) is 2.70. The summed E-state index contributed by atoms with van der Waals surface area (Å²) in [5.41, 5.74) is 2.10. The maximum atomic E-state index is 8.92. The zero-order valence-corrected chi connectivity index (χ0v) is 19.9. The van der Waals surface area contributed by atoms with E-state index in [9.17, 15) is 0 Å². The van der Waals surface area contributed by atoms with Gasteiger partial charge in [-0.25, -0.2) is 0 Å². The third-order valence-electron chi connectivity index (χ3n) is 2.43. The predicted octanol–water partition coefficient (Wildman–Crippen LogP) is 8.59. The number of rotatable bonds is 1. The van der Waals surface area contributed by atoms with Gasteiger partial charge < -0.3 is 9.84 Å². The van der Waals surface area contributed by atoms with Crippen LogP contribution >= 0.6 is 0 Å². The van der Waals surface area contributed by atoms with E-state index in [1.165, 1.54) is 18.4 Å². The number of hydrogen-bond acceptors (Lipinski definition) is 2. The molecule has 0 atom stereocenters. The van der Waals surface area contributed by atoms with Crippen molar-refractivity contribution in [3.05, 3.63) is 59.7 Å². The number of aryl methyl sites for hydroxylation is 2. The fourth-order valence-electron chi connectivity index (χ4n) is 1.35. The number of phenolic OH excluding ortho intramolecular Hbond substituents is 1. The second-order valence-electron chi connectivity index (χ2n) is 5.17. The molecule has 27 heavy (non-hydrogen) atoms. The third-order valence-corrected chi connectivity index (χ3v) is 2.43. The van der Waals surface area contributed by atoms with Gasteiger partial charge in [-0.2, -0.15) is 0 Å². The van der Waals surface area contributed by atoms with Crippen LogP contribution in [0.3, 0.4) is 0 Å². The molecule has 0 aliphatic heterocycles. The molecule has 0 amide bonds.